The molecular weight excluding hydrogens is 513 g/mol. The van der Waals surface area contributed by atoms with Crippen molar-refractivity contribution in [2.75, 3.05) is 17.7 Å². The first-order valence-corrected chi connectivity index (χ1v) is 12.3. The predicted octanol–water partition coefficient (Wildman–Crippen LogP) is 4.35. The molecule has 0 saturated heterocycles. The maximum absolute atomic E-state index is 12.4. The SMILES string of the molecule is CCCOC(=O)c1cccc(NC(=O)CSc2nnc(CNC(=O)c3ccc(Cl)c(Cl)c3)n2C)c1. The van der Waals surface area contributed by atoms with Gasteiger partial charge < -0.3 is 19.9 Å². The van der Waals surface area contributed by atoms with Crippen LogP contribution >= 0.6 is 35.0 Å². The van der Waals surface area contributed by atoms with Crippen molar-refractivity contribution in [1.82, 2.24) is 20.1 Å². The molecule has 9 nitrogen and oxygen atoms in total. The van der Waals surface area contributed by atoms with Crippen LogP contribution in [-0.2, 0) is 23.1 Å². The van der Waals surface area contributed by atoms with Crippen molar-refractivity contribution >= 4 is 58.4 Å². The van der Waals surface area contributed by atoms with Gasteiger partial charge in [0, 0.05) is 18.3 Å². The summed E-state index contributed by atoms with van der Waals surface area (Å²) in [5.41, 5.74) is 1.23. The number of thioether (sulfide) groups is 1. The van der Waals surface area contributed by atoms with Crippen molar-refractivity contribution in [3.05, 3.63) is 69.5 Å². The van der Waals surface area contributed by atoms with Gasteiger partial charge in [-0.1, -0.05) is 48.0 Å². The van der Waals surface area contributed by atoms with E-state index in [0.717, 1.165) is 6.42 Å². The summed E-state index contributed by atoms with van der Waals surface area (Å²) in [6.45, 7) is 2.39. The zero-order chi connectivity index (χ0) is 25.4. The number of hydrogen-bond donors (Lipinski definition) is 2. The number of ether oxygens (including phenoxy) is 1. The Labute approximate surface area is 216 Å². The molecule has 3 rings (SSSR count). The topological polar surface area (TPSA) is 115 Å². The number of rotatable bonds is 10. The number of aromatic nitrogens is 3. The normalized spacial score (nSPS) is 10.6. The van der Waals surface area contributed by atoms with Crippen LogP contribution in [0.25, 0.3) is 0 Å². The van der Waals surface area contributed by atoms with Crippen molar-refractivity contribution in [2.24, 2.45) is 7.05 Å². The van der Waals surface area contributed by atoms with Crippen molar-refractivity contribution in [1.29, 1.82) is 0 Å². The van der Waals surface area contributed by atoms with Gasteiger partial charge in [0.05, 0.1) is 34.5 Å². The summed E-state index contributed by atoms with van der Waals surface area (Å²) in [7, 11) is 1.74. The number of benzene rings is 2. The number of anilines is 1. The van der Waals surface area contributed by atoms with Gasteiger partial charge in [0.25, 0.3) is 5.91 Å². The Kier molecular flexibility index (Phi) is 9.53. The lowest BCUT2D eigenvalue weighted by molar-refractivity contribution is -0.113. The molecule has 35 heavy (non-hydrogen) atoms. The van der Waals surface area contributed by atoms with Gasteiger partial charge in [0.1, 0.15) is 0 Å². The monoisotopic (exact) mass is 535 g/mol. The number of amides is 2. The van der Waals surface area contributed by atoms with Gasteiger partial charge in [0.2, 0.25) is 5.91 Å². The molecule has 3 aromatic rings. The van der Waals surface area contributed by atoms with Crippen LogP contribution in [0.1, 0.15) is 39.9 Å². The lowest BCUT2D eigenvalue weighted by Gasteiger charge is -2.08. The second-order valence-electron chi connectivity index (χ2n) is 7.32. The summed E-state index contributed by atoms with van der Waals surface area (Å²) >= 11 is 13.0. The highest BCUT2D eigenvalue weighted by molar-refractivity contribution is 7.99. The van der Waals surface area contributed by atoms with E-state index in [4.69, 9.17) is 27.9 Å². The molecule has 0 aliphatic heterocycles. The zero-order valence-corrected chi connectivity index (χ0v) is 21.3. The molecule has 1 aromatic heterocycles. The lowest BCUT2D eigenvalue weighted by atomic mass is 10.2. The van der Waals surface area contributed by atoms with Gasteiger partial charge in [-0.05, 0) is 42.8 Å². The molecule has 184 valence electrons. The van der Waals surface area contributed by atoms with Crippen LogP contribution in [0.4, 0.5) is 5.69 Å². The van der Waals surface area contributed by atoms with Gasteiger partial charge in [0.15, 0.2) is 11.0 Å². The Morgan fingerprint density at radius 2 is 1.86 bits per heavy atom. The molecule has 0 radical (unpaired) electrons. The third kappa shape index (κ3) is 7.45. The van der Waals surface area contributed by atoms with Crippen LogP contribution < -0.4 is 10.6 Å². The van der Waals surface area contributed by atoms with Gasteiger partial charge in [-0.3, -0.25) is 9.59 Å². The summed E-state index contributed by atoms with van der Waals surface area (Å²) in [5.74, 6) is -0.450. The van der Waals surface area contributed by atoms with Gasteiger partial charge in [-0.2, -0.15) is 0 Å². The lowest BCUT2D eigenvalue weighted by Crippen LogP contribution is -2.24. The van der Waals surface area contributed by atoms with Crippen molar-refractivity contribution in [3.8, 4) is 0 Å². The molecule has 2 N–H and O–H groups in total. The third-order valence-corrected chi connectivity index (χ3v) is 6.42. The average molecular weight is 536 g/mol. The van der Waals surface area contributed by atoms with Crippen LogP contribution in [0.3, 0.4) is 0 Å². The largest absolute Gasteiger partial charge is 0.462 e. The Bertz CT molecular complexity index is 1230. The molecule has 0 aliphatic carbocycles. The average Bonchev–Trinajstić information content (AvgIpc) is 3.20. The van der Waals surface area contributed by atoms with Crippen LogP contribution in [0.2, 0.25) is 10.0 Å². The molecule has 12 heteroatoms. The van der Waals surface area contributed by atoms with E-state index in [1.54, 1.807) is 48.0 Å². The Balaban J connectivity index is 1.51. The predicted molar refractivity (Wildman–Crippen MR) is 135 cm³/mol. The minimum atomic E-state index is -0.435. The second-order valence-corrected chi connectivity index (χ2v) is 9.08. The first-order chi connectivity index (χ1) is 16.8. The fourth-order valence-electron chi connectivity index (χ4n) is 2.85. The van der Waals surface area contributed by atoms with E-state index in [9.17, 15) is 14.4 Å². The Hall–Kier alpha value is -3.08. The molecule has 0 spiro atoms. The highest BCUT2D eigenvalue weighted by Gasteiger charge is 2.14. The molecule has 0 bridgehead atoms. The minimum absolute atomic E-state index is 0.0755. The van der Waals surface area contributed by atoms with Gasteiger partial charge in [-0.25, -0.2) is 4.79 Å². The fraction of sp³-hybridized carbons (Fsp3) is 0.261. The number of carbonyl (C=O) groups excluding carboxylic acids is 3. The van der Waals surface area contributed by atoms with E-state index >= 15 is 0 Å². The Morgan fingerprint density at radius 3 is 2.60 bits per heavy atom. The smallest absolute Gasteiger partial charge is 0.338 e. The van der Waals surface area contributed by atoms with E-state index in [1.807, 2.05) is 6.92 Å². The number of esters is 1. The summed E-state index contributed by atoms with van der Waals surface area (Å²) < 4.78 is 6.81. The first kappa shape index (κ1) is 26.5. The van der Waals surface area contributed by atoms with Gasteiger partial charge >= 0.3 is 5.97 Å². The van der Waals surface area contributed by atoms with Crippen molar-refractivity contribution in [2.45, 2.75) is 25.0 Å². The van der Waals surface area contributed by atoms with E-state index in [0.29, 0.717) is 39.4 Å². The van der Waals surface area contributed by atoms with E-state index < -0.39 is 5.97 Å². The number of halogens is 2. The summed E-state index contributed by atoms with van der Waals surface area (Å²) in [6.07, 6.45) is 0.729. The number of nitrogens with one attached hydrogen (secondary N) is 2. The standard InChI is InChI=1S/C23H23Cl2N5O4S/c1-3-9-34-22(33)15-5-4-6-16(10-15)27-20(31)13-35-23-29-28-19(30(23)2)12-26-21(32)14-7-8-17(24)18(25)11-14/h4-8,10-11H,3,9,12-13H2,1-2H3,(H,26,32)(H,27,31). The zero-order valence-electron chi connectivity index (χ0n) is 19.0. The maximum Gasteiger partial charge on any atom is 0.338 e. The first-order valence-electron chi connectivity index (χ1n) is 10.6. The molecule has 2 amide bonds. The summed E-state index contributed by atoms with van der Waals surface area (Å²) in [5, 5.41) is 14.8. The number of hydrogen-bond acceptors (Lipinski definition) is 7. The molecular formula is C23H23Cl2N5O4S. The highest BCUT2D eigenvalue weighted by atomic mass is 35.5. The summed E-state index contributed by atoms with van der Waals surface area (Å²) in [6, 6.07) is 11.2. The van der Waals surface area contributed by atoms with Crippen LogP contribution in [0.5, 0.6) is 0 Å². The van der Waals surface area contributed by atoms with Crippen LogP contribution in [-0.4, -0.2) is 44.9 Å². The molecule has 0 atom stereocenters. The molecule has 0 aliphatic rings. The fourth-order valence-corrected chi connectivity index (χ4v) is 3.88. The minimum Gasteiger partial charge on any atom is -0.462 e. The number of carbonyl (C=O) groups is 3. The quantitative estimate of drug-likeness (QED) is 0.293. The molecule has 0 saturated carbocycles. The molecule has 1 heterocycles. The summed E-state index contributed by atoms with van der Waals surface area (Å²) in [4.78, 5) is 36.7. The molecule has 0 unspecified atom stereocenters. The van der Waals surface area contributed by atoms with Crippen LogP contribution in [0, 0.1) is 0 Å². The van der Waals surface area contributed by atoms with Crippen molar-refractivity contribution < 1.29 is 19.1 Å². The molecule has 0 fully saturated rings. The van der Waals surface area contributed by atoms with Crippen LogP contribution in [0.15, 0.2) is 47.6 Å². The van der Waals surface area contributed by atoms with E-state index in [-0.39, 0.29) is 29.1 Å². The highest BCUT2D eigenvalue weighted by Crippen LogP contribution is 2.22. The van der Waals surface area contributed by atoms with Gasteiger partial charge in [-0.15, -0.1) is 10.2 Å². The van der Waals surface area contributed by atoms with E-state index in [1.165, 1.54) is 17.8 Å². The van der Waals surface area contributed by atoms with E-state index in [2.05, 4.69) is 20.8 Å². The maximum atomic E-state index is 12.4. The molecule has 2 aromatic carbocycles. The van der Waals surface area contributed by atoms with Crippen molar-refractivity contribution in [3.63, 3.8) is 0 Å². The Morgan fingerprint density at radius 1 is 1.06 bits per heavy atom. The number of nitrogens with zero attached hydrogens (tertiary/aromatic N) is 3. The second kappa shape index (κ2) is 12.6. The third-order valence-electron chi connectivity index (χ3n) is 4.67.